The van der Waals surface area contributed by atoms with Crippen LogP contribution in [0.25, 0.3) is 0 Å². The molecule has 0 unspecified atom stereocenters. The normalized spacial score (nSPS) is 16.3. The van der Waals surface area contributed by atoms with Crippen molar-refractivity contribution in [2.24, 2.45) is 0 Å². The number of hydrogen-bond acceptors (Lipinski definition) is 6. The highest BCUT2D eigenvalue weighted by atomic mass is 16.5. The minimum Gasteiger partial charge on any atom is -0.464 e. The van der Waals surface area contributed by atoms with Crippen molar-refractivity contribution in [1.29, 1.82) is 0 Å². The maximum Gasteiger partial charge on any atom is 0.360 e. The van der Waals surface area contributed by atoms with Crippen molar-refractivity contribution in [3.8, 4) is 0 Å². The minimum absolute atomic E-state index is 0.293. The average molecular weight is 282 g/mol. The predicted octanol–water partition coefficient (Wildman–Crippen LogP) is 0.568. The fraction of sp³-hybridized carbons (Fsp3) is 0.769. The van der Waals surface area contributed by atoms with E-state index in [4.69, 9.17) is 9.47 Å². The molecule has 0 amide bonds. The van der Waals surface area contributed by atoms with Crippen LogP contribution in [0.1, 0.15) is 41.9 Å². The standard InChI is InChI=1S/C13H22N4O3/c1-3-20-9-8-17-12(10-4-6-14-7-5-10)11(15-16-17)13(18)19-2/h10,14H,3-9H2,1-2H3. The second kappa shape index (κ2) is 7.35. The van der Waals surface area contributed by atoms with Crippen molar-refractivity contribution in [2.45, 2.75) is 32.2 Å². The van der Waals surface area contributed by atoms with Crippen molar-refractivity contribution >= 4 is 5.97 Å². The summed E-state index contributed by atoms with van der Waals surface area (Å²) in [6.45, 7) is 5.69. The molecular weight excluding hydrogens is 260 g/mol. The number of carbonyl (C=O) groups is 1. The Balaban J connectivity index is 2.21. The van der Waals surface area contributed by atoms with E-state index in [9.17, 15) is 4.79 Å². The molecule has 1 N–H and O–H groups in total. The second-order valence-electron chi connectivity index (χ2n) is 4.76. The van der Waals surface area contributed by atoms with Crippen LogP contribution in [0.15, 0.2) is 0 Å². The summed E-state index contributed by atoms with van der Waals surface area (Å²) in [6.07, 6.45) is 1.96. The van der Waals surface area contributed by atoms with Crippen LogP contribution in [0.3, 0.4) is 0 Å². The number of ether oxygens (including phenoxy) is 2. The number of nitrogens with one attached hydrogen (secondary N) is 1. The molecule has 0 bridgehead atoms. The Bertz CT molecular complexity index is 441. The van der Waals surface area contributed by atoms with Crippen molar-refractivity contribution in [3.05, 3.63) is 11.4 Å². The van der Waals surface area contributed by atoms with Gasteiger partial charge in [-0.15, -0.1) is 5.10 Å². The Kier molecular flexibility index (Phi) is 5.49. The first-order valence-corrected chi connectivity index (χ1v) is 7.08. The van der Waals surface area contributed by atoms with Gasteiger partial charge in [-0.25, -0.2) is 9.48 Å². The van der Waals surface area contributed by atoms with Gasteiger partial charge in [0.25, 0.3) is 0 Å². The number of carbonyl (C=O) groups excluding carboxylic acids is 1. The summed E-state index contributed by atoms with van der Waals surface area (Å²) in [5.41, 5.74) is 1.23. The van der Waals surface area contributed by atoms with Crippen molar-refractivity contribution in [1.82, 2.24) is 20.3 Å². The summed E-state index contributed by atoms with van der Waals surface area (Å²) in [4.78, 5) is 11.8. The largest absolute Gasteiger partial charge is 0.464 e. The van der Waals surface area contributed by atoms with Crippen molar-refractivity contribution in [3.63, 3.8) is 0 Å². The van der Waals surface area contributed by atoms with Gasteiger partial charge in [0, 0.05) is 12.5 Å². The third kappa shape index (κ3) is 3.34. The van der Waals surface area contributed by atoms with E-state index in [2.05, 4.69) is 15.6 Å². The van der Waals surface area contributed by atoms with Crippen LogP contribution in [0, 0.1) is 0 Å². The van der Waals surface area contributed by atoms with Gasteiger partial charge in [0.15, 0.2) is 5.69 Å². The summed E-state index contributed by atoms with van der Waals surface area (Å²) in [5, 5.41) is 11.4. The van der Waals surface area contributed by atoms with Crippen LogP contribution in [-0.4, -0.2) is 54.4 Å². The molecule has 1 aromatic heterocycles. The molecule has 1 saturated heterocycles. The SMILES string of the molecule is CCOCCn1nnc(C(=O)OC)c1C1CCNCC1. The molecular formula is C13H22N4O3. The van der Waals surface area contributed by atoms with Gasteiger partial charge in [-0.1, -0.05) is 5.21 Å². The van der Waals surface area contributed by atoms with Gasteiger partial charge >= 0.3 is 5.97 Å². The second-order valence-corrected chi connectivity index (χ2v) is 4.76. The molecule has 7 nitrogen and oxygen atoms in total. The summed E-state index contributed by atoms with van der Waals surface area (Å²) < 4.78 is 12.0. The lowest BCUT2D eigenvalue weighted by molar-refractivity contribution is 0.0591. The Morgan fingerprint density at radius 2 is 2.20 bits per heavy atom. The Morgan fingerprint density at radius 3 is 2.85 bits per heavy atom. The van der Waals surface area contributed by atoms with Gasteiger partial charge in [0.2, 0.25) is 0 Å². The number of piperidine rings is 1. The molecule has 1 aromatic rings. The Morgan fingerprint density at radius 1 is 1.45 bits per heavy atom. The molecule has 112 valence electrons. The lowest BCUT2D eigenvalue weighted by Gasteiger charge is -2.23. The summed E-state index contributed by atoms with van der Waals surface area (Å²) >= 11 is 0. The molecule has 7 heteroatoms. The average Bonchev–Trinajstić information content (AvgIpc) is 2.91. The topological polar surface area (TPSA) is 78.3 Å². The molecule has 2 heterocycles. The van der Waals surface area contributed by atoms with E-state index in [1.54, 1.807) is 4.68 Å². The van der Waals surface area contributed by atoms with E-state index in [1.165, 1.54) is 7.11 Å². The Hall–Kier alpha value is -1.47. The van der Waals surface area contributed by atoms with Gasteiger partial charge < -0.3 is 14.8 Å². The smallest absolute Gasteiger partial charge is 0.360 e. The van der Waals surface area contributed by atoms with Crippen molar-refractivity contribution in [2.75, 3.05) is 33.4 Å². The number of aromatic nitrogens is 3. The van der Waals surface area contributed by atoms with Crippen LogP contribution in [0.2, 0.25) is 0 Å². The maximum atomic E-state index is 11.8. The molecule has 1 aliphatic heterocycles. The number of esters is 1. The summed E-state index contributed by atoms with van der Waals surface area (Å²) in [5.74, 6) is -0.122. The van der Waals surface area contributed by atoms with E-state index >= 15 is 0 Å². The predicted molar refractivity (Wildman–Crippen MR) is 72.7 cm³/mol. The minimum atomic E-state index is -0.416. The fourth-order valence-corrected chi connectivity index (χ4v) is 2.52. The Labute approximate surface area is 118 Å². The highest BCUT2D eigenvalue weighted by molar-refractivity contribution is 5.88. The number of methoxy groups -OCH3 is 1. The first-order valence-electron chi connectivity index (χ1n) is 7.08. The zero-order chi connectivity index (χ0) is 14.4. The number of hydrogen-bond donors (Lipinski definition) is 1. The van der Waals surface area contributed by atoms with Gasteiger partial charge in [0.05, 0.1) is 26.0 Å². The molecule has 0 radical (unpaired) electrons. The first kappa shape index (κ1) is 14.9. The van der Waals surface area contributed by atoms with Crippen molar-refractivity contribution < 1.29 is 14.3 Å². The highest BCUT2D eigenvalue weighted by Crippen LogP contribution is 2.27. The van der Waals surface area contributed by atoms with Gasteiger partial charge in [-0.2, -0.15) is 0 Å². The highest BCUT2D eigenvalue weighted by Gasteiger charge is 2.28. The molecule has 0 saturated carbocycles. The van der Waals surface area contributed by atoms with E-state index < -0.39 is 5.97 Å². The lowest BCUT2D eigenvalue weighted by Crippen LogP contribution is -2.29. The third-order valence-electron chi connectivity index (χ3n) is 3.53. The quantitative estimate of drug-likeness (QED) is 0.607. The molecule has 0 aliphatic carbocycles. The zero-order valence-corrected chi connectivity index (χ0v) is 12.1. The molecule has 1 fully saturated rings. The molecule has 0 aromatic carbocycles. The van der Waals surface area contributed by atoms with E-state index in [0.717, 1.165) is 31.6 Å². The van der Waals surface area contributed by atoms with Crippen LogP contribution < -0.4 is 5.32 Å². The summed E-state index contributed by atoms with van der Waals surface area (Å²) in [6, 6.07) is 0. The fourth-order valence-electron chi connectivity index (χ4n) is 2.52. The van der Waals surface area contributed by atoms with Gasteiger partial charge in [-0.05, 0) is 32.9 Å². The van der Waals surface area contributed by atoms with Crippen LogP contribution in [-0.2, 0) is 16.0 Å². The lowest BCUT2D eigenvalue weighted by atomic mass is 9.93. The van der Waals surface area contributed by atoms with Crippen LogP contribution in [0.4, 0.5) is 0 Å². The van der Waals surface area contributed by atoms with E-state index in [-0.39, 0.29) is 0 Å². The van der Waals surface area contributed by atoms with E-state index in [0.29, 0.717) is 31.4 Å². The molecule has 0 atom stereocenters. The number of nitrogens with zero attached hydrogens (tertiary/aromatic N) is 3. The van der Waals surface area contributed by atoms with Gasteiger partial charge in [0.1, 0.15) is 0 Å². The number of rotatable bonds is 6. The summed E-state index contributed by atoms with van der Waals surface area (Å²) in [7, 11) is 1.37. The maximum absolute atomic E-state index is 11.8. The first-order chi connectivity index (χ1) is 9.77. The molecule has 1 aliphatic rings. The van der Waals surface area contributed by atoms with Crippen LogP contribution >= 0.6 is 0 Å². The third-order valence-corrected chi connectivity index (χ3v) is 3.53. The molecule has 0 spiro atoms. The molecule has 20 heavy (non-hydrogen) atoms. The van der Waals surface area contributed by atoms with Crippen LogP contribution in [0.5, 0.6) is 0 Å². The molecule has 2 rings (SSSR count). The van der Waals surface area contributed by atoms with E-state index in [1.807, 2.05) is 6.92 Å². The van der Waals surface area contributed by atoms with Gasteiger partial charge in [-0.3, -0.25) is 0 Å². The monoisotopic (exact) mass is 282 g/mol. The zero-order valence-electron chi connectivity index (χ0n) is 12.1.